The number of aryl methyl sites for hydroxylation is 1. The largest absolute Gasteiger partial charge is 0.484 e. The first kappa shape index (κ1) is 29.0. The van der Waals surface area contributed by atoms with Gasteiger partial charge in [-0.2, -0.15) is 0 Å². The number of rotatable bonds is 11. The number of nitrogens with one attached hydrogen (secondary N) is 1. The van der Waals surface area contributed by atoms with E-state index < -0.39 is 6.04 Å². The Labute approximate surface area is 228 Å². The summed E-state index contributed by atoms with van der Waals surface area (Å²) in [5, 5.41) is 3.06. The van der Waals surface area contributed by atoms with Crippen molar-refractivity contribution in [3.05, 3.63) is 101 Å². The van der Waals surface area contributed by atoms with Crippen LogP contribution in [0, 0.1) is 12.8 Å². The summed E-state index contributed by atoms with van der Waals surface area (Å²) in [6.45, 7) is 13.3. The maximum Gasteiger partial charge on any atom is 0.261 e. The number of carbonyl (C=O) groups is 2. The summed E-state index contributed by atoms with van der Waals surface area (Å²) in [5.41, 5.74) is 4.31. The zero-order valence-electron chi connectivity index (χ0n) is 23.7. The Morgan fingerprint density at radius 2 is 1.53 bits per heavy atom. The van der Waals surface area contributed by atoms with Gasteiger partial charge in [0.1, 0.15) is 11.8 Å². The predicted molar refractivity (Wildman–Crippen MR) is 154 cm³/mol. The van der Waals surface area contributed by atoms with Crippen LogP contribution in [0.3, 0.4) is 0 Å². The Balaban J connectivity index is 1.88. The van der Waals surface area contributed by atoms with Crippen LogP contribution >= 0.6 is 0 Å². The molecule has 0 aliphatic carbocycles. The van der Waals surface area contributed by atoms with E-state index in [9.17, 15) is 9.59 Å². The molecule has 0 saturated carbocycles. The zero-order chi connectivity index (χ0) is 27.7. The molecule has 1 N–H and O–H groups in total. The Bertz CT molecular complexity index is 1180. The van der Waals surface area contributed by atoms with Crippen molar-refractivity contribution < 1.29 is 14.3 Å². The van der Waals surface area contributed by atoms with E-state index in [2.05, 4.69) is 39.9 Å². The van der Waals surface area contributed by atoms with E-state index >= 15 is 0 Å². The van der Waals surface area contributed by atoms with Crippen LogP contribution in [0.2, 0.25) is 0 Å². The second-order valence-electron chi connectivity index (χ2n) is 11.4. The lowest BCUT2D eigenvalue weighted by molar-refractivity contribution is -0.142. The molecule has 0 aliphatic heterocycles. The van der Waals surface area contributed by atoms with Crippen LogP contribution in [0.15, 0.2) is 78.9 Å². The molecule has 0 aliphatic rings. The van der Waals surface area contributed by atoms with E-state index in [4.69, 9.17) is 4.74 Å². The lowest BCUT2D eigenvalue weighted by atomic mass is 9.87. The normalized spacial score (nSPS) is 12.2. The lowest BCUT2D eigenvalue weighted by Crippen LogP contribution is -2.52. The van der Waals surface area contributed by atoms with Crippen LogP contribution in [-0.4, -0.2) is 35.9 Å². The van der Waals surface area contributed by atoms with E-state index in [1.54, 1.807) is 4.90 Å². The highest BCUT2D eigenvalue weighted by atomic mass is 16.5. The van der Waals surface area contributed by atoms with Gasteiger partial charge in [0.2, 0.25) is 5.91 Å². The summed E-state index contributed by atoms with van der Waals surface area (Å²) in [6.07, 6.45) is 0.419. The van der Waals surface area contributed by atoms with Gasteiger partial charge in [-0.05, 0) is 52.6 Å². The molecule has 0 fully saturated rings. The summed E-state index contributed by atoms with van der Waals surface area (Å²) >= 11 is 0. The quantitative estimate of drug-likeness (QED) is 0.337. The molecule has 0 saturated heterocycles. The number of hydrogen-bond donors (Lipinski definition) is 1. The summed E-state index contributed by atoms with van der Waals surface area (Å²) in [4.78, 5) is 29.0. The molecule has 202 valence electrons. The topological polar surface area (TPSA) is 58.6 Å². The molecule has 1 atom stereocenters. The highest BCUT2D eigenvalue weighted by molar-refractivity contribution is 5.88. The molecular formula is C33H42N2O3. The average Bonchev–Trinajstić information content (AvgIpc) is 2.89. The number of amides is 2. The van der Waals surface area contributed by atoms with Crippen molar-refractivity contribution in [2.24, 2.45) is 5.92 Å². The van der Waals surface area contributed by atoms with Crippen molar-refractivity contribution in [3.63, 3.8) is 0 Å². The molecular weight excluding hydrogens is 472 g/mol. The van der Waals surface area contributed by atoms with Gasteiger partial charge in [-0.1, -0.05) is 101 Å². The molecule has 3 rings (SSSR count). The van der Waals surface area contributed by atoms with Crippen molar-refractivity contribution >= 4 is 11.8 Å². The number of nitrogens with zero attached hydrogens (tertiary/aromatic N) is 1. The lowest BCUT2D eigenvalue weighted by Gasteiger charge is -2.32. The molecule has 0 spiro atoms. The highest BCUT2D eigenvalue weighted by Crippen LogP contribution is 2.24. The number of benzene rings is 3. The minimum atomic E-state index is -0.671. The van der Waals surface area contributed by atoms with Gasteiger partial charge in [0.25, 0.3) is 5.91 Å². The fourth-order valence-corrected chi connectivity index (χ4v) is 4.23. The number of ether oxygens (including phenoxy) is 1. The Morgan fingerprint density at radius 1 is 0.895 bits per heavy atom. The van der Waals surface area contributed by atoms with E-state index in [0.29, 0.717) is 31.2 Å². The standard InChI is InChI=1S/C33H42N2O3/c1-24(2)21-34-32(37)30(20-26-13-8-7-9-14-26)35(22-27-15-11-10-12-25(27)3)31(36)23-38-29-18-16-28(17-19-29)33(4,5)6/h7-19,24,30H,20-23H2,1-6H3,(H,34,37)/t30-/m1/s1. The summed E-state index contributed by atoms with van der Waals surface area (Å²) in [7, 11) is 0. The summed E-state index contributed by atoms with van der Waals surface area (Å²) in [5.74, 6) is 0.551. The van der Waals surface area contributed by atoms with Gasteiger partial charge >= 0.3 is 0 Å². The van der Waals surface area contributed by atoms with E-state index in [-0.39, 0.29) is 23.8 Å². The van der Waals surface area contributed by atoms with Gasteiger partial charge in [-0.25, -0.2) is 0 Å². The molecule has 5 heteroatoms. The van der Waals surface area contributed by atoms with Crippen molar-refractivity contribution in [2.45, 2.75) is 66.0 Å². The van der Waals surface area contributed by atoms with Crippen LogP contribution < -0.4 is 10.1 Å². The average molecular weight is 515 g/mol. The van der Waals surface area contributed by atoms with E-state index in [1.165, 1.54) is 5.56 Å². The number of carbonyl (C=O) groups excluding carboxylic acids is 2. The molecule has 0 radical (unpaired) electrons. The maximum absolute atomic E-state index is 13.8. The summed E-state index contributed by atoms with van der Waals surface area (Å²) < 4.78 is 5.94. The maximum atomic E-state index is 13.8. The molecule has 0 unspecified atom stereocenters. The third kappa shape index (κ3) is 8.47. The molecule has 3 aromatic rings. The highest BCUT2D eigenvalue weighted by Gasteiger charge is 2.31. The Morgan fingerprint density at radius 3 is 2.13 bits per heavy atom. The van der Waals surface area contributed by atoms with Crippen LogP contribution in [0.5, 0.6) is 5.75 Å². The molecule has 3 aromatic carbocycles. The van der Waals surface area contributed by atoms with Crippen LogP contribution in [-0.2, 0) is 28.0 Å². The smallest absolute Gasteiger partial charge is 0.261 e. The number of hydrogen-bond acceptors (Lipinski definition) is 3. The molecule has 0 aromatic heterocycles. The minimum absolute atomic E-state index is 0.0344. The molecule has 0 bridgehead atoms. The van der Waals surface area contributed by atoms with Crippen molar-refractivity contribution in [3.8, 4) is 5.75 Å². The Hall–Kier alpha value is -3.60. The molecule has 5 nitrogen and oxygen atoms in total. The van der Waals surface area contributed by atoms with Crippen LogP contribution in [0.4, 0.5) is 0 Å². The minimum Gasteiger partial charge on any atom is -0.484 e. The Kier molecular flexibility index (Phi) is 10.1. The second kappa shape index (κ2) is 13.3. The van der Waals surface area contributed by atoms with Crippen LogP contribution in [0.1, 0.15) is 56.9 Å². The van der Waals surface area contributed by atoms with Gasteiger partial charge in [0.05, 0.1) is 0 Å². The van der Waals surface area contributed by atoms with Gasteiger partial charge in [0.15, 0.2) is 6.61 Å². The van der Waals surface area contributed by atoms with Crippen molar-refractivity contribution in [1.82, 2.24) is 10.2 Å². The van der Waals surface area contributed by atoms with Crippen molar-refractivity contribution in [1.29, 1.82) is 0 Å². The first-order chi connectivity index (χ1) is 18.0. The fraction of sp³-hybridized carbons (Fsp3) is 0.394. The third-order valence-electron chi connectivity index (χ3n) is 6.64. The molecule has 0 heterocycles. The summed E-state index contributed by atoms with van der Waals surface area (Å²) in [6, 6.07) is 25.0. The zero-order valence-corrected chi connectivity index (χ0v) is 23.7. The van der Waals surface area contributed by atoms with Crippen LogP contribution in [0.25, 0.3) is 0 Å². The van der Waals surface area contributed by atoms with Gasteiger partial charge < -0.3 is 15.0 Å². The molecule has 38 heavy (non-hydrogen) atoms. The van der Waals surface area contributed by atoms with E-state index in [0.717, 1.165) is 16.7 Å². The first-order valence-corrected chi connectivity index (χ1v) is 13.4. The third-order valence-corrected chi connectivity index (χ3v) is 6.64. The van der Waals surface area contributed by atoms with E-state index in [1.807, 2.05) is 85.8 Å². The van der Waals surface area contributed by atoms with Gasteiger partial charge in [-0.15, -0.1) is 0 Å². The van der Waals surface area contributed by atoms with Gasteiger partial charge in [-0.3, -0.25) is 9.59 Å². The molecule has 2 amide bonds. The monoisotopic (exact) mass is 514 g/mol. The predicted octanol–water partition coefficient (Wildman–Crippen LogP) is 6.08. The van der Waals surface area contributed by atoms with Crippen molar-refractivity contribution in [2.75, 3.05) is 13.2 Å². The van der Waals surface area contributed by atoms with Gasteiger partial charge in [0, 0.05) is 19.5 Å². The SMILES string of the molecule is Cc1ccccc1CN(C(=O)COc1ccc(C(C)(C)C)cc1)[C@H](Cc1ccccc1)C(=O)NCC(C)C. The first-order valence-electron chi connectivity index (χ1n) is 13.4. The second-order valence-corrected chi connectivity index (χ2v) is 11.4. The fourth-order valence-electron chi connectivity index (χ4n) is 4.23.